The number of hydrogen-bond donors (Lipinski definition) is 1. The smallest absolute Gasteiger partial charge is 0.234 e. The number of carbonyl (C=O) groups is 1. The van der Waals surface area contributed by atoms with Gasteiger partial charge in [-0.25, -0.2) is 4.39 Å². The maximum Gasteiger partial charge on any atom is 0.234 e. The van der Waals surface area contributed by atoms with Gasteiger partial charge in [0.2, 0.25) is 5.91 Å². The molecule has 0 bridgehead atoms. The van der Waals surface area contributed by atoms with E-state index in [9.17, 15) is 9.18 Å². The molecule has 0 unspecified atom stereocenters. The van der Waals surface area contributed by atoms with E-state index in [0.717, 1.165) is 0 Å². The van der Waals surface area contributed by atoms with Crippen molar-refractivity contribution in [1.82, 2.24) is 10.2 Å². The van der Waals surface area contributed by atoms with Crippen molar-refractivity contribution in [3.63, 3.8) is 0 Å². The molecular weight excluding hydrogens is 231 g/mol. The molecule has 5 heteroatoms. The van der Waals surface area contributed by atoms with Crippen molar-refractivity contribution < 1.29 is 9.18 Å². The maximum atomic E-state index is 13.3. The van der Waals surface area contributed by atoms with Gasteiger partial charge in [-0.3, -0.25) is 4.79 Å². The number of nitrogens with zero attached hydrogens (tertiary/aromatic N) is 1. The number of likely N-dealkylation sites (N-methyl/N-ethyl adjacent to an activating group) is 1. The van der Waals surface area contributed by atoms with Gasteiger partial charge in [0.1, 0.15) is 5.82 Å². The summed E-state index contributed by atoms with van der Waals surface area (Å²) in [5.41, 5.74) is 0.427. The molecule has 0 saturated heterocycles. The summed E-state index contributed by atoms with van der Waals surface area (Å²) in [6.45, 7) is 0.463. The summed E-state index contributed by atoms with van der Waals surface area (Å²) in [4.78, 5) is 13.0. The molecule has 0 saturated carbocycles. The number of hydrogen-bond acceptors (Lipinski definition) is 2. The summed E-state index contributed by atoms with van der Waals surface area (Å²) in [7, 11) is 3.59. The van der Waals surface area contributed by atoms with Gasteiger partial charge in [0.15, 0.2) is 0 Å². The zero-order chi connectivity index (χ0) is 12.1. The summed E-state index contributed by atoms with van der Waals surface area (Å²) in [6.07, 6.45) is 0. The van der Waals surface area contributed by atoms with Crippen LogP contribution in [0.25, 0.3) is 0 Å². The zero-order valence-corrected chi connectivity index (χ0v) is 10.0. The van der Waals surface area contributed by atoms with Crippen LogP contribution >= 0.6 is 11.6 Å². The van der Waals surface area contributed by atoms with E-state index in [4.69, 9.17) is 11.6 Å². The van der Waals surface area contributed by atoms with Gasteiger partial charge in [0, 0.05) is 17.1 Å². The Bertz CT molecular complexity index is 382. The number of amides is 1. The molecule has 1 rings (SSSR count). The summed E-state index contributed by atoms with van der Waals surface area (Å²) < 4.78 is 13.3. The molecule has 1 amide bonds. The van der Waals surface area contributed by atoms with E-state index < -0.39 is 5.82 Å². The number of benzene rings is 1. The molecule has 16 heavy (non-hydrogen) atoms. The van der Waals surface area contributed by atoms with Gasteiger partial charge in [0.05, 0.1) is 6.54 Å². The lowest BCUT2D eigenvalue weighted by atomic mass is 10.2. The van der Waals surface area contributed by atoms with E-state index in [1.165, 1.54) is 6.07 Å². The molecule has 0 spiro atoms. The van der Waals surface area contributed by atoms with Crippen molar-refractivity contribution in [2.45, 2.75) is 6.54 Å². The summed E-state index contributed by atoms with van der Waals surface area (Å²) in [5, 5.41) is 2.97. The van der Waals surface area contributed by atoms with Crippen molar-refractivity contribution in [2.24, 2.45) is 0 Å². The fourth-order valence-electron chi connectivity index (χ4n) is 1.20. The zero-order valence-electron chi connectivity index (χ0n) is 9.26. The molecule has 0 heterocycles. The summed E-state index contributed by atoms with van der Waals surface area (Å²) in [6, 6.07) is 4.39. The van der Waals surface area contributed by atoms with Crippen LogP contribution in [-0.2, 0) is 11.3 Å². The Morgan fingerprint density at radius 2 is 2.19 bits per heavy atom. The first-order chi connectivity index (χ1) is 7.49. The van der Waals surface area contributed by atoms with Crippen LogP contribution in [0.15, 0.2) is 18.2 Å². The normalized spacial score (nSPS) is 10.6. The van der Waals surface area contributed by atoms with Crippen LogP contribution in [0.4, 0.5) is 4.39 Å². The second kappa shape index (κ2) is 5.82. The molecule has 0 aliphatic heterocycles. The van der Waals surface area contributed by atoms with Crippen LogP contribution in [0.3, 0.4) is 0 Å². The van der Waals surface area contributed by atoms with Gasteiger partial charge in [-0.2, -0.15) is 0 Å². The van der Waals surface area contributed by atoms with Crippen LogP contribution in [0.1, 0.15) is 5.56 Å². The SMILES string of the molecule is CN(C)CC(=O)NCc1ccc(Cl)cc1F. The number of carbonyl (C=O) groups excluding carboxylic acids is 1. The number of halogens is 2. The van der Waals surface area contributed by atoms with Crippen LogP contribution in [-0.4, -0.2) is 31.4 Å². The lowest BCUT2D eigenvalue weighted by Gasteiger charge is -2.10. The predicted molar refractivity (Wildman–Crippen MR) is 61.8 cm³/mol. The molecule has 3 nitrogen and oxygen atoms in total. The van der Waals surface area contributed by atoms with Crippen molar-refractivity contribution in [3.8, 4) is 0 Å². The molecule has 0 aliphatic carbocycles. The first-order valence-electron chi connectivity index (χ1n) is 4.84. The average molecular weight is 245 g/mol. The second-order valence-corrected chi connectivity index (χ2v) is 4.19. The van der Waals surface area contributed by atoms with Crippen LogP contribution < -0.4 is 5.32 Å². The van der Waals surface area contributed by atoms with Crippen molar-refractivity contribution in [1.29, 1.82) is 0 Å². The minimum atomic E-state index is -0.405. The van der Waals surface area contributed by atoms with E-state index in [2.05, 4.69) is 5.32 Å². The summed E-state index contributed by atoms with van der Waals surface area (Å²) in [5.74, 6) is -0.544. The first kappa shape index (κ1) is 12.9. The Balaban J connectivity index is 2.51. The van der Waals surface area contributed by atoms with Gasteiger partial charge in [-0.05, 0) is 26.2 Å². The Hall–Kier alpha value is -1.13. The highest BCUT2D eigenvalue weighted by atomic mass is 35.5. The average Bonchev–Trinajstić information content (AvgIpc) is 2.15. The fraction of sp³-hybridized carbons (Fsp3) is 0.364. The van der Waals surface area contributed by atoms with Gasteiger partial charge in [-0.1, -0.05) is 17.7 Å². The third-order valence-corrected chi connectivity index (χ3v) is 2.19. The molecule has 1 N–H and O–H groups in total. The third-order valence-electron chi connectivity index (χ3n) is 1.95. The quantitative estimate of drug-likeness (QED) is 0.874. The number of rotatable bonds is 4. The third kappa shape index (κ3) is 4.16. The van der Waals surface area contributed by atoms with Crippen LogP contribution in [0.2, 0.25) is 5.02 Å². The summed E-state index contributed by atoms with van der Waals surface area (Å²) >= 11 is 5.61. The second-order valence-electron chi connectivity index (χ2n) is 3.75. The Morgan fingerprint density at radius 1 is 1.50 bits per heavy atom. The van der Waals surface area contributed by atoms with E-state index in [1.807, 2.05) is 0 Å². The molecule has 0 radical (unpaired) electrons. The molecule has 0 atom stereocenters. The van der Waals surface area contributed by atoms with Crippen LogP contribution in [0, 0.1) is 5.82 Å². The van der Waals surface area contributed by atoms with E-state index in [1.54, 1.807) is 31.1 Å². The Labute approximate surface area is 99.2 Å². The highest BCUT2D eigenvalue weighted by Crippen LogP contribution is 2.14. The first-order valence-corrected chi connectivity index (χ1v) is 5.22. The molecule has 0 fully saturated rings. The molecule has 1 aromatic carbocycles. The standard InChI is InChI=1S/C11H14ClFN2O/c1-15(2)7-11(16)14-6-8-3-4-9(12)5-10(8)13/h3-5H,6-7H2,1-2H3,(H,14,16). The highest BCUT2D eigenvalue weighted by molar-refractivity contribution is 6.30. The van der Waals surface area contributed by atoms with Crippen molar-refractivity contribution in [2.75, 3.05) is 20.6 Å². The lowest BCUT2D eigenvalue weighted by Crippen LogP contribution is -2.32. The van der Waals surface area contributed by atoms with E-state index in [0.29, 0.717) is 10.6 Å². The van der Waals surface area contributed by atoms with Gasteiger partial charge >= 0.3 is 0 Å². The lowest BCUT2D eigenvalue weighted by molar-refractivity contribution is -0.121. The van der Waals surface area contributed by atoms with Crippen molar-refractivity contribution >= 4 is 17.5 Å². The minimum absolute atomic E-state index is 0.139. The largest absolute Gasteiger partial charge is 0.351 e. The van der Waals surface area contributed by atoms with Crippen LogP contribution in [0.5, 0.6) is 0 Å². The molecule has 88 valence electrons. The monoisotopic (exact) mass is 244 g/mol. The number of nitrogens with one attached hydrogen (secondary N) is 1. The Kier molecular flexibility index (Phi) is 4.71. The van der Waals surface area contributed by atoms with Gasteiger partial charge < -0.3 is 10.2 Å². The molecule has 1 aromatic rings. The van der Waals surface area contributed by atoms with Crippen molar-refractivity contribution in [3.05, 3.63) is 34.6 Å². The molecule has 0 aliphatic rings. The minimum Gasteiger partial charge on any atom is -0.351 e. The topological polar surface area (TPSA) is 32.3 Å². The molecule has 0 aromatic heterocycles. The van der Waals surface area contributed by atoms with E-state index >= 15 is 0 Å². The van der Waals surface area contributed by atoms with Gasteiger partial charge in [-0.15, -0.1) is 0 Å². The predicted octanol–water partition coefficient (Wildman–Crippen LogP) is 1.66. The van der Waals surface area contributed by atoms with E-state index in [-0.39, 0.29) is 19.0 Å². The highest BCUT2D eigenvalue weighted by Gasteiger charge is 2.06. The fourth-order valence-corrected chi connectivity index (χ4v) is 1.36. The molecular formula is C11H14ClFN2O. The van der Waals surface area contributed by atoms with Gasteiger partial charge in [0.25, 0.3) is 0 Å². The maximum absolute atomic E-state index is 13.3. The Morgan fingerprint density at radius 3 is 2.75 bits per heavy atom.